The summed E-state index contributed by atoms with van der Waals surface area (Å²) in [5.41, 5.74) is 1.04. The van der Waals surface area contributed by atoms with Crippen molar-refractivity contribution in [1.82, 2.24) is 10.0 Å². The van der Waals surface area contributed by atoms with Crippen LogP contribution in [0.5, 0.6) is 0 Å². The molecule has 0 bridgehead atoms. The molecule has 1 unspecified atom stereocenters. The molecule has 0 amide bonds. The molecule has 1 aliphatic carbocycles. The molecule has 1 saturated heterocycles. The second-order valence-electron chi connectivity index (χ2n) is 5.46. The van der Waals surface area contributed by atoms with Gasteiger partial charge in [0, 0.05) is 25.2 Å². The van der Waals surface area contributed by atoms with E-state index in [1.165, 1.54) is 24.2 Å². The minimum absolute atomic E-state index is 0.0936. The Hall–Kier alpha value is -0.470. The fraction of sp³-hybridized carbons (Fsp3) is 0.692. The van der Waals surface area contributed by atoms with Crippen molar-refractivity contribution in [3.63, 3.8) is 0 Å². The molecule has 20 heavy (non-hydrogen) atoms. The molecule has 2 fully saturated rings. The van der Waals surface area contributed by atoms with Gasteiger partial charge in [-0.2, -0.15) is 0 Å². The number of hydrogen-bond acceptors (Lipinski definition) is 5. The lowest BCUT2D eigenvalue weighted by molar-refractivity contribution is 0.0774. The fourth-order valence-electron chi connectivity index (χ4n) is 2.25. The number of ether oxygens (including phenoxy) is 1. The molecular weight excluding hydrogens is 296 g/mol. The average Bonchev–Trinajstić information content (AvgIpc) is 3.13. The van der Waals surface area contributed by atoms with E-state index >= 15 is 0 Å². The molecular formula is C13H20N2O3S2. The third kappa shape index (κ3) is 3.79. The predicted molar refractivity (Wildman–Crippen MR) is 78.3 cm³/mol. The van der Waals surface area contributed by atoms with Gasteiger partial charge in [0.05, 0.1) is 6.61 Å². The van der Waals surface area contributed by atoms with Gasteiger partial charge in [-0.25, -0.2) is 13.1 Å². The largest absolute Gasteiger partial charge is 0.380 e. The Kier molecular flexibility index (Phi) is 4.42. The smallest absolute Gasteiger partial charge is 0.250 e. The first-order valence-electron chi connectivity index (χ1n) is 7.04. The molecule has 1 aromatic heterocycles. The Labute approximate surface area is 123 Å². The molecule has 3 rings (SSSR count). The van der Waals surface area contributed by atoms with Gasteiger partial charge in [0.2, 0.25) is 10.0 Å². The van der Waals surface area contributed by atoms with Gasteiger partial charge in [0.1, 0.15) is 4.21 Å². The topological polar surface area (TPSA) is 67.4 Å². The summed E-state index contributed by atoms with van der Waals surface area (Å²) in [7, 11) is -3.40. The van der Waals surface area contributed by atoms with Crippen LogP contribution in [0.3, 0.4) is 0 Å². The maximum atomic E-state index is 12.3. The van der Waals surface area contributed by atoms with Crippen molar-refractivity contribution >= 4 is 21.4 Å². The van der Waals surface area contributed by atoms with Crippen molar-refractivity contribution in [3.05, 3.63) is 17.0 Å². The van der Waals surface area contributed by atoms with E-state index in [9.17, 15) is 8.42 Å². The summed E-state index contributed by atoms with van der Waals surface area (Å²) in [6.45, 7) is 1.96. The molecule has 0 spiro atoms. The lowest BCUT2D eigenvalue weighted by atomic mass is 10.1. The van der Waals surface area contributed by atoms with Gasteiger partial charge in [0.25, 0.3) is 0 Å². The molecule has 1 saturated carbocycles. The SMILES string of the molecule is O=S(=O)(NC1CCCOC1)c1cc(CNC2CC2)cs1. The summed E-state index contributed by atoms with van der Waals surface area (Å²) in [5, 5.41) is 5.31. The third-order valence-electron chi connectivity index (χ3n) is 3.55. The van der Waals surface area contributed by atoms with Crippen LogP contribution in [0.1, 0.15) is 31.2 Å². The second-order valence-corrected chi connectivity index (χ2v) is 8.32. The van der Waals surface area contributed by atoms with Gasteiger partial charge in [0.15, 0.2) is 0 Å². The van der Waals surface area contributed by atoms with Crippen molar-refractivity contribution in [1.29, 1.82) is 0 Å². The van der Waals surface area contributed by atoms with Crippen LogP contribution >= 0.6 is 11.3 Å². The van der Waals surface area contributed by atoms with Crippen molar-refractivity contribution in [2.45, 2.75) is 48.5 Å². The number of thiophene rings is 1. The third-order valence-corrected chi connectivity index (χ3v) is 6.56. The molecule has 1 aromatic rings. The quantitative estimate of drug-likeness (QED) is 0.834. The Morgan fingerprint density at radius 1 is 1.30 bits per heavy atom. The summed E-state index contributed by atoms with van der Waals surface area (Å²) in [5.74, 6) is 0. The van der Waals surface area contributed by atoms with E-state index in [1.54, 1.807) is 6.07 Å². The normalized spacial score (nSPS) is 23.9. The van der Waals surface area contributed by atoms with Gasteiger partial charge < -0.3 is 10.1 Å². The van der Waals surface area contributed by atoms with E-state index in [0.717, 1.165) is 31.6 Å². The zero-order valence-electron chi connectivity index (χ0n) is 11.3. The Balaban J connectivity index is 1.60. The highest BCUT2D eigenvalue weighted by atomic mass is 32.2. The summed E-state index contributed by atoms with van der Waals surface area (Å²) >= 11 is 1.29. The summed E-state index contributed by atoms with van der Waals surface area (Å²) in [4.78, 5) is 0. The molecule has 1 atom stereocenters. The molecule has 5 nitrogen and oxygen atoms in total. The van der Waals surface area contributed by atoms with Crippen LogP contribution < -0.4 is 10.0 Å². The van der Waals surface area contributed by atoms with Crippen molar-refractivity contribution in [3.8, 4) is 0 Å². The van der Waals surface area contributed by atoms with Crippen LogP contribution in [0.2, 0.25) is 0 Å². The van der Waals surface area contributed by atoms with E-state index in [1.807, 2.05) is 5.38 Å². The molecule has 2 N–H and O–H groups in total. The van der Waals surface area contributed by atoms with Crippen molar-refractivity contribution < 1.29 is 13.2 Å². The molecule has 2 aliphatic rings. The van der Waals surface area contributed by atoms with Crippen molar-refractivity contribution in [2.24, 2.45) is 0 Å². The van der Waals surface area contributed by atoms with Gasteiger partial charge >= 0.3 is 0 Å². The monoisotopic (exact) mass is 316 g/mol. The first kappa shape index (κ1) is 14.5. The lowest BCUT2D eigenvalue weighted by Crippen LogP contribution is -2.40. The predicted octanol–water partition coefficient (Wildman–Crippen LogP) is 1.46. The van der Waals surface area contributed by atoms with Gasteiger partial charge in [-0.3, -0.25) is 0 Å². The standard InChI is InChI=1S/C13H20N2O3S2/c16-20(17,15-12-2-1-5-18-8-12)13-6-10(9-19-13)7-14-11-3-4-11/h6,9,11-12,14-15H,1-5,7-8H2. The van der Waals surface area contributed by atoms with E-state index in [0.29, 0.717) is 16.9 Å². The van der Waals surface area contributed by atoms with Crippen LogP contribution in [0.25, 0.3) is 0 Å². The Morgan fingerprint density at radius 3 is 2.85 bits per heavy atom. The first-order valence-corrected chi connectivity index (χ1v) is 9.41. The minimum Gasteiger partial charge on any atom is -0.380 e. The number of nitrogens with one attached hydrogen (secondary N) is 2. The number of hydrogen-bond donors (Lipinski definition) is 2. The van der Waals surface area contributed by atoms with E-state index in [2.05, 4.69) is 10.0 Å². The molecule has 112 valence electrons. The Morgan fingerprint density at radius 2 is 2.15 bits per heavy atom. The van der Waals surface area contributed by atoms with Crippen LogP contribution in [0.4, 0.5) is 0 Å². The van der Waals surface area contributed by atoms with E-state index in [4.69, 9.17) is 4.74 Å². The van der Waals surface area contributed by atoms with Gasteiger partial charge in [-0.05, 0) is 42.7 Å². The van der Waals surface area contributed by atoms with Gasteiger partial charge in [-0.1, -0.05) is 0 Å². The number of sulfonamides is 1. The fourth-order valence-corrected chi connectivity index (χ4v) is 4.73. The first-order chi connectivity index (χ1) is 9.63. The summed E-state index contributed by atoms with van der Waals surface area (Å²) < 4.78 is 33.0. The molecule has 7 heteroatoms. The maximum absolute atomic E-state index is 12.3. The highest BCUT2D eigenvalue weighted by Crippen LogP contribution is 2.23. The van der Waals surface area contributed by atoms with Crippen molar-refractivity contribution in [2.75, 3.05) is 13.2 Å². The highest BCUT2D eigenvalue weighted by Gasteiger charge is 2.24. The van der Waals surface area contributed by atoms with E-state index in [-0.39, 0.29) is 6.04 Å². The molecule has 2 heterocycles. The lowest BCUT2D eigenvalue weighted by Gasteiger charge is -2.22. The summed E-state index contributed by atoms with van der Waals surface area (Å²) in [6.07, 6.45) is 4.23. The van der Waals surface area contributed by atoms with Crippen LogP contribution in [-0.2, 0) is 21.3 Å². The Bertz CT molecular complexity index is 546. The molecule has 1 aliphatic heterocycles. The zero-order chi connectivity index (χ0) is 14.0. The van der Waals surface area contributed by atoms with Gasteiger partial charge in [-0.15, -0.1) is 11.3 Å². The van der Waals surface area contributed by atoms with Crippen LogP contribution in [0, 0.1) is 0 Å². The number of rotatable bonds is 6. The molecule has 0 aromatic carbocycles. The minimum atomic E-state index is -3.40. The average molecular weight is 316 g/mol. The van der Waals surface area contributed by atoms with E-state index < -0.39 is 10.0 Å². The van der Waals surface area contributed by atoms with Crippen LogP contribution in [-0.4, -0.2) is 33.7 Å². The zero-order valence-corrected chi connectivity index (χ0v) is 12.9. The molecule has 0 radical (unpaired) electrons. The second kappa shape index (κ2) is 6.11. The van der Waals surface area contributed by atoms with Crippen LogP contribution in [0.15, 0.2) is 15.7 Å². The highest BCUT2D eigenvalue weighted by molar-refractivity contribution is 7.91. The summed E-state index contributed by atoms with van der Waals surface area (Å²) in [6, 6.07) is 2.31. The maximum Gasteiger partial charge on any atom is 0.250 e.